The number of rotatable bonds is 6. The second-order valence-corrected chi connectivity index (χ2v) is 6.69. The molecule has 0 saturated heterocycles. The van der Waals surface area contributed by atoms with Gasteiger partial charge in [-0.15, -0.1) is 0 Å². The van der Waals surface area contributed by atoms with Gasteiger partial charge < -0.3 is 9.84 Å². The van der Waals surface area contributed by atoms with Crippen LogP contribution in [0.25, 0.3) is 0 Å². The van der Waals surface area contributed by atoms with Crippen LogP contribution in [0.2, 0.25) is 0 Å². The standard InChI is InChI=1S/C10H14N2O6S2/c1-6(9(13)14)4-12(2)20(16,17)7-5-19-11-8(7)10(15)18-3/h5-6H,4H2,1-3H3,(H,13,14). The highest BCUT2D eigenvalue weighted by molar-refractivity contribution is 7.89. The maximum absolute atomic E-state index is 12.3. The number of hydrogen-bond acceptors (Lipinski definition) is 7. The summed E-state index contributed by atoms with van der Waals surface area (Å²) in [5, 5.41) is 10.0. The molecule has 0 amide bonds. The molecule has 1 aromatic heterocycles. The lowest BCUT2D eigenvalue weighted by Crippen LogP contribution is -2.34. The fraction of sp³-hybridized carbons (Fsp3) is 0.500. The van der Waals surface area contributed by atoms with Crippen molar-refractivity contribution in [1.82, 2.24) is 8.68 Å². The monoisotopic (exact) mass is 322 g/mol. The van der Waals surface area contributed by atoms with Crippen LogP contribution < -0.4 is 0 Å². The van der Waals surface area contributed by atoms with Gasteiger partial charge >= 0.3 is 11.9 Å². The minimum atomic E-state index is -3.99. The molecule has 0 aromatic carbocycles. The Morgan fingerprint density at radius 2 is 2.15 bits per heavy atom. The first-order chi connectivity index (χ1) is 9.21. The van der Waals surface area contributed by atoms with Crippen LogP contribution in [0, 0.1) is 5.92 Å². The number of carboxylic acid groups (broad SMARTS) is 1. The molecule has 1 aromatic rings. The summed E-state index contributed by atoms with van der Waals surface area (Å²) in [7, 11) is -1.63. The fourth-order valence-corrected chi connectivity index (χ4v) is 3.72. The average molecular weight is 322 g/mol. The van der Waals surface area contributed by atoms with Crippen LogP contribution in [0.5, 0.6) is 0 Å². The van der Waals surface area contributed by atoms with E-state index in [2.05, 4.69) is 9.11 Å². The number of carbonyl (C=O) groups excluding carboxylic acids is 1. The predicted molar refractivity (Wildman–Crippen MR) is 70.1 cm³/mol. The van der Waals surface area contributed by atoms with Crippen molar-refractivity contribution < 1.29 is 27.9 Å². The minimum Gasteiger partial charge on any atom is -0.481 e. The van der Waals surface area contributed by atoms with Crippen LogP contribution in [-0.4, -0.2) is 54.8 Å². The van der Waals surface area contributed by atoms with E-state index in [4.69, 9.17) is 5.11 Å². The second-order valence-electron chi connectivity index (χ2n) is 4.04. The Kier molecular flexibility index (Phi) is 5.20. The van der Waals surface area contributed by atoms with Gasteiger partial charge in [0, 0.05) is 19.0 Å². The van der Waals surface area contributed by atoms with Crippen LogP contribution in [-0.2, 0) is 19.6 Å². The van der Waals surface area contributed by atoms with Crippen LogP contribution in [0.3, 0.4) is 0 Å². The Morgan fingerprint density at radius 3 is 2.65 bits per heavy atom. The molecule has 0 aliphatic rings. The van der Waals surface area contributed by atoms with Crippen molar-refractivity contribution in [1.29, 1.82) is 0 Å². The van der Waals surface area contributed by atoms with E-state index in [0.29, 0.717) is 0 Å². The third kappa shape index (κ3) is 3.32. The number of methoxy groups -OCH3 is 1. The summed E-state index contributed by atoms with van der Waals surface area (Å²) in [4.78, 5) is 21.9. The zero-order valence-electron chi connectivity index (χ0n) is 11.1. The average Bonchev–Trinajstić information content (AvgIpc) is 2.87. The Hall–Kier alpha value is -1.52. The molecular formula is C10H14N2O6S2. The molecule has 1 N–H and O–H groups in total. The summed E-state index contributed by atoms with van der Waals surface area (Å²) < 4.78 is 33.6. The van der Waals surface area contributed by atoms with E-state index in [0.717, 1.165) is 22.9 Å². The molecule has 1 rings (SSSR count). The first kappa shape index (κ1) is 16.5. The van der Waals surface area contributed by atoms with Crippen molar-refractivity contribution >= 4 is 33.5 Å². The van der Waals surface area contributed by atoms with Gasteiger partial charge in [0.15, 0.2) is 5.69 Å². The van der Waals surface area contributed by atoms with Gasteiger partial charge in [-0.2, -0.15) is 8.68 Å². The van der Waals surface area contributed by atoms with Gasteiger partial charge in [-0.3, -0.25) is 4.79 Å². The molecule has 0 radical (unpaired) electrons. The van der Waals surface area contributed by atoms with Crippen molar-refractivity contribution in [3.05, 3.63) is 11.1 Å². The number of aromatic nitrogens is 1. The molecule has 0 spiro atoms. The summed E-state index contributed by atoms with van der Waals surface area (Å²) in [5.74, 6) is -2.84. The van der Waals surface area contributed by atoms with Gasteiger partial charge in [0.05, 0.1) is 13.0 Å². The second kappa shape index (κ2) is 6.29. The molecule has 0 fully saturated rings. The molecule has 0 aliphatic carbocycles. The molecule has 112 valence electrons. The lowest BCUT2D eigenvalue weighted by molar-refractivity contribution is -0.141. The minimum absolute atomic E-state index is 0.214. The zero-order valence-corrected chi connectivity index (χ0v) is 12.7. The third-order valence-corrected chi connectivity index (χ3v) is 5.17. The van der Waals surface area contributed by atoms with Crippen molar-refractivity contribution in [3.63, 3.8) is 0 Å². The lowest BCUT2D eigenvalue weighted by Gasteiger charge is -2.18. The maximum Gasteiger partial charge on any atom is 0.359 e. The van der Waals surface area contributed by atoms with Gasteiger partial charge in [0.1, 0.15) is 4.90 Å². The summed E-state index contributed by atoms with van der Waals surface area (Å²) in [6, 6.07) is 0. The van der Waals surface area contributed by atoms with Crippen molar-refractivity contribution in [2.75, 3.05) is 20.7 Å². The first-order valence-electron chi connectivity index (χ1n) is 5.43. The Bertz CT molecular complexity index is 609. The fourth-order valence-electron chi connectivity index (χ4n) is 1.38. The third-order valence-electron chi connectivity index (χ3n) is 2.56. The molecule has 0 aliphatic heterocycles. The van der Waals surface area contributed by atoms with Crippen LogP contribution in [0.15, 0.2) is 10.3 Å². The van der Waals surface area contributed by atoms with Crippen LogP contribution >= 0.6 is 11.5 Å². The van der Waals surface area contributed by atoms with E-state index in [1.54, 1.807) is 0 Å². The lowest BCUT2D eigenvalue weighted by atomic mass is 10.2. The smallest absolute Gasteiger partial charge is 0.359 e. The highest BCUT2D eigenvalue weighted by atomic mass is 32.2. The summed E-state index contributed by atoms with van der Waals surface area (Å²) in [5.41, 5.74) is -0.299. The number of esters is 1. The zero-order chi connectivity index (χ0) is 15.5. The molecule has 1 unspecified atom stereocenters. The molecule has 0 saturated carbocycles. The van der Waals surface area contributed by atoms with E-state index < -0.39 is 27.9 Å². The van der Waals surface area contributed by atoms with E-state index in [1.807, 2.05) is 0 Å². The summed E-state index contributed by atoms with van der Waals surface area (Å²) >= 11 is 0.806. The molecule has 20 heavy (non-hydrogen) atoms. The number of carboxylic acids is 1. The van der Waals surface area contributed by atoms with E-state index >= 15 is 0 Å². The highest BCUT2D eigenvalue weighted by Crippen LogP contribution is 2.22. The van der Waals surface area contributed by atoms with Crippen molar-refractivity contribution in [2.45, 2.75) is 11.8 Å². The predicted octanol–water partition coefficient (Wildman–Crippen LogP) is 0.271. The normalized spacial score (nSPS) is 13.2. The van der Waals surface area contributed by atoms with Gasteiger partial charge in [-0.05, 0) is 11.5 Å². The number of sulfonamides is 1. The van der Waals surface area contributed by atoms with Gasteiger partial charge in [0.2, 0.25) is 10.0 Å². The molecule has 1 heterocycles. The van der Waals surface area contributed by atoms with Crippen molar-refractivity contribution in [2.24, 2.45) is 5.92 Å². The first-order valence-corrected chi connectivity index (χ1v) is 7.71. The Balaban J connectivity index is 3.08. The molecule has 10 heteroatoms. The van der Waals surface area contributed by atoms with Gasteiger partial charge in [-0.1, -0.05) is 6.92 Å². The molecule has 8 nitrogen and oxygen atoms in total. The molecular weight excluding hydrogens is 308 g/mol. The molecule has 0 bridgehead atoms. The number of carbonyl (C=O) groups is 2. The summed E-state index contributed by atoms with van der Waals surface area (Å²) in [6.45, 7) is 1.18. The Morgan fingerprint density at radius 1 is 1.55 bits per heavy atom. The van der Waals surface area contributed by atoms with Crippen LogP contribution in [0.4, 0.5) is 0 Å². The van der Waals surface area contributed by atoms with E-state index in [9.17, 15) is 18.0 Å². The number of nitrogens with zero attached hydrogens (tertiary/aromatic N) is 2. The topological polar surface area (TPSA) is 114 Å². The number of hydrogen-bond donors (Lipinski definition) is 1. The molecule has 1 atom stereocenters. The number of aliphatic carboxylic acids is 1. The Labute approximate surface area is 120 Å². The van der Waals surface area contributed by atoms with Gasteiger partial charge in [-0.25, -0.2) is 13.2 Å². The largest absolute Gasteiger partial charge is 0.481 e. The number of ether oxygens (including phenoxy) is 1. The highest BCUT2D eigenvalue weighted by Gasteiger charge is 2.31. The quantitative estimate of drug-likeness (QED) is 0.748. The van der Waals surface area contributed by atoms with E-state index in [1.165, 1.54) is 19.4 Å². The van der Waals surface area contributed by atoms with E-state index in [-0.39, 0.29) is 17.1 Å². The van der Waals surface area contributed by atoms with Crippen molar-refractivity contribution in [3.8, 4) is 0 Å². The van der Waals surface area contributed by atoms with Gasteiger partial charge in [0.25, 0.3) is 0 Å². The summed E-state index contributed by atoms with van der Waals surface area (Å²) in [6.07, 6.45) is 0. The maximum atomic E-state index is 12.3. The SMILES string of the molecule is COC(=O)c1nscc1S(=O)(=O)N(C)CC(C)C(=O)O. The van der Waals surface area contributed by atoms with Crippen LogP contribution in [0.1, 0.15) is 17.4 Å².